The number of nitrogen functional groups attached to an aromatic ring is 1. The first kappa shape index (κ1) is 11.0. The van der Waals surface area contributed by atoms with Crippen molar-refractivity contribution < 1.29 is 0 Å². The number of hydrogen-bond acceptors (Lipinski definition) is 3. The summed E-state index contributed by atoms with van der Waals surface area (Å²) in [6, 6.07) is 9.41. The fourth-order valence-corrected chi connectivity index (χ4v) is 1.67. The molecule has 0 saturated heterocycles. The maximum absolute atomic E-state index is 9.04. The van der Waals surface area contributed by atoms with Crippen LogP contribution in [-0.4, -0.2) is 9.55 Å². The van der Waals surface area contributed by atoms with E-state index in [-0.39, 0.29) is 0 Å². The van der Waals surface area contributed by atoms with Crippen molar-refractivity contribution in [2.75, 3.05) is 5.73 Å². The second kappa shape index (κ2) is 4.54. The summed E-state index contributed by atoms with van der Waals surface area (Å²) in [6.07, 6.45) is 3.40. The van der Waals surface area contributed by atoms with Crippen LogP contribution in [0.3, 0.4) is 0 Å². The molecule has 0 unspecified atom stereocenters. The lowest BCUT2D eigenvalue weighted by atomic mass is 10.1. The standard InChI is InChI=1S/C13H12N4/c1-2-7-17-9-16-12(13(17)15)11-6-4-3-5-10(11)8-14/h2-6,9H,1,7,15H2. The molecule has 0 atom stereocenters. The zero-order chi connectivity index (χ0) is 12.3. The first-order chi connectivity index (χ1) is 8.27. The van der Waals surface area contributed by atoms with Crippen LogP contribution in [0.1, 0.15) is 5.56 Å². The molecule has 2 N–H and O–H groups in total. The Kier molecular flexibility index (Phi) is 2.93. The fourth-order valence-electron chi connectivity index (χ4n) is 1.67. The van der Waals surface area contributed by atoms with E-state index < -0.39 is 0 Å². The van der Waals surface area contributed by atoms with Gasteiger partial charge in [-0.2, -0.15) is 5.26 Å². The van der Waals surface area contributed by atoms with Crippen molar-refractivity contribution in [3.63, 3.8) is 0 Å². The van der Waals surface area contributed by atoms with Crippen LogP contribution in [-0.2, 0) is 6.54 Å². The van der Waals surface area contributed by atoms with Crippen LogP contribution in [0.2, 0.25) is 0 Å². The van der Waals surface area contributed by atoms with E-state index in [1.165, 1.54) is 0 Å². The number of aromatic nitrogens is 2. The summed E-state index contributed by atoms with van der Waals surface area (Å²) < 4.78 is 1.79. The second-order valence-electron chi connectivity index (χ2n) is 3.58. The quantitative estimate of drug-likeness (QED) is 0.812. The number of imidazole rings is 1. The van der Waals surface area contributed by atoms with Crippen LogP contribution in [0.5, 0.6) is 0 Å². The Morgan fingerprint density at radius 2 is 2.24 bits per heavy atom. The molecule has 2 aromatic rings. The maximum Gasteiger partial charge on any atom is 0.131 e. The SMILES string of the molecule is C=CCn1cnc(-c2ccccc2C#N)c1N. The summed E-state index contributed by atoms with van der Waals surface area (Å²) in [5.74, 6) is 0.549. The molecule has 1 heterocycles. The lowest BCUT2D eigenvalue weighted by molar-refractivity contribution is 0.833. The van der Waals surface area contributed by atoms with Crippen molar-refractivity contribution >= 4 is 5.82 Å². The van der Waals surface area contributed by atoms with Gasteiger partial charge in [-0.1, -0.05) is 24.3 Å². The number of anilines is 1. The molecular weight excluding hydrogens is 212 g/mol. The van der Waals surface area contributed by atoms with E-state index in [1.807, 2.05) is 18.2 Å². The monoisotopic (exact) mass is 224 g/mol. The lowest BCUT2D eigenvalue weighted by Crippen LogP contribution is -2.00. The Bertz CT molecular complexity index is 590. The van der Waals surface area contributed by atoms with Crippen molar-refractivity contribution in [1.29, 1.82) is 5.26 Å². The number of allylic oxidation sites excluding steroid dienone is 1. The first-order valence-electron chi connectivity index (χ1n) is 5.19. The third kappa shape index (κ3) is 1.91. The number of hydrogen-bond donors (Lipinski definition) is 1. The summed E-state index contributed by atoms with van der Waals surface area (Å²) in [5.41, 5.74) is 7.96. The van der Waals surface area contributed by atoms with Crippen molar-refractivity contribution in [2.45, 2.75) is 6.54 Å². The summed E-state index contributed by atoms with van der Waals surface area (Å²) in [6.45, 7) is 4.26. The minimum absolute atomic E-state index is 0.549. The van der Waals surface area contributed by atoms with Crippen molar-refractivity contribution in [1.82, 2.24) is 9.55 Å². The zero-order valence-electron chi connectivity index (χ0n) is 9.30. The third-order valence-electron chi connectivity index (χ3n) is 2.51. The molecule has 0 aliphatic rings. The van der Waals surface area contributed by atoms with Crippen LogP contribution in [0.25, 0.3) is 11.3 Å². The van der Waals surface area contributed by atoms with Gasteiger partial charge in [0.1, 0.15) is 11.5 Å². The van der Waals surface area contributed by atoms with E-state index in [2.05, 4.69) is 17.6 Å². The number of rotatable bonds is 3. The average molecular weight is 224 g/mol. The highest BCUT2D eigenvalue weighted by molar-refractivity contribution is 5.75. The molecule has 4 nitrogen and oxygen atoms in total. The summed E-state index contributed by atoms with van der Waals surface area (Å²) in [5, 5.41) is 9.04. The Morgan fingerprint density at radius 1 is 1.47 bits per heavy atom. The number of nitriles is 1. The summed E-state index contributed by atoms with van der Waals surface area (Å²) >= 11 is 0. The molecule has 0 aliphatic heterocycles. The molecular formula is C13H12N4. The van der Waals surface area contributed by atoms with Crippen molar-refractivity contribution in [3.05, 3.63) is 48.8 Å². The maximum atomic E-state index is 9.04. The Morgan fingerprint density at radius 3 is 2.94 bits per heavy atom. The average Bonchev–Trinajstić information content (AvgIpc) is 2.72. The van der Waals surface area contributed by atoms with E-state index in [4.69, 9.17) is 11.0 Å². The molecule has 84 valence electrons. The van der Waals surface area contributed by atoms with Crippen LogP contribution >= 0.6 is 0 Å². The molecule has 0 amide bonds. The zero-order valence-corrected chi connectivity index (χ0v) is 9.30. The van der Waals surface area contributed by atoms with E-state index >= 15 is 0 Å². The molecule has 4 heteroatoms. The van der Waals surface area contributed by atoms with E-state index in [0.717, 1.165) is 5.56 Å². The van der Waals surface area contributed by atoms with Gasteiger partial charge in [0.25, 0.3) is 0 Å². The molecule has 0 saturated carbocycles. The third-order valence-corrected chi connectivity index (χ3v) is 2.51. The van der Waals surface area contributed by atoms with Gasteiger partial charge in [0.15, 0.2) is 0 Å². The lowest BCUT2D eigenvalue weighted by Gasteiger charge is -2.03. The smallest absolute Gasteiger partial charge is 0.131 e. The number of nitrogens with zero attached hydrogens (tertiary/aromatic N) is 3. The fraction of sp³-hybridized carbons (Fsp3) is 0.0769. The Labute approximate surface area is 99.6 Å². The van der Waals surface area contributed by atoms with Gasteiger partial charge in [-0.15, -0.1) is 6.58 Å². The summed E-state index contributed by atoms with van der Waals surface area (Å²) in [4.78, 5) is 4.25. The summed E-state index contributed by atoms with van der Waals surface area (Å²) in [7, 11) is 0. The van der Waals surface area contributed by atoms with Crippen LogP contribution < -0.4 is 5.73 Å². The topological polar surface area (TPSA) is 67.6 Å². The van der Waals surface area contributed by atoms with Crippen molar-refractivity contribution in [2.24, 2.45) is 0 Å². The molecule has 0 fully saturated rings. The van der Waals surface area contributed by atoms with Gasteiger partial charge in [0.05, 0.1) is 18.0 Å². The first-order valence-corrected chi connectivity index (χ1v) is 5.19. The molecule has 2 rings (SSSR count). The van der Waals surface area contributed by atoms with Gasteiger partial charge < -0.3 is 10.3 Å². The van der Waals surface area contributed by atoms with Gasteiger partial charge in [0, 0.05) is 12.1 Å². The molecule has 0 bridgehead atoms. The highest BCUT2D eigenvalue weighted by Crippen LogP contribution is 2.26. The molecule has 17 heavy (non-hydrogen) atoms. The van der Waals surface area contributed by atoms with Gasteiger partial charge in [0.2, 0.25) is 0 Å². The predicted molar refractivity (Wildman–Crippen MR) is 67.0 cm³/mol. The molecule has 1 aromatic heterocycles. The van der Waals surface area contributed by atoms with E-state index in [1.54, 1.807) is 23.0 Å². The van der Waals surface area contributed by atoms with Crippen LogP contribution in [0.15, 0.2) is 43.2 Å². The van der Waals surface area contributed by atoms with Crippen LogP contribution in [0.4, 0.5) is 5.82 Å². The van der Waals surface area contributed by atoms with Gasteiger partial charge >= 0.3 is 0 Å². The Balaban J connectivity index is 2.54. The minimum atomic E-state index is 0.549. The normalized spacial score (nSPS) is 9.82. The van der Waals surface area contributed by atoms with Crippen LogP contribution in [0, 0.1) is 11.3 Å². The second-order valence-corrected chi connectivity index (χ2v) is 3.58. The van der Waals surface area contributed by atoms with Gasteiger partial charge in [-0.05, 0) is 6.07 Å². The molecule has 0 radical (unpaired) electrons. The molecule has 0 aliphatic carbocycles. The molecule has 0 spiro atoms. The van der Waals surface area contributed by atoms with Gasteiger partial charge in [-0.3, -0.25) is 0 Å². The van der Waals surface area contributed by atoms with E-state index in [9.17, 15) is 0 Å². The number of nitrogens with two attached hydrogens (primary N) is 1. The Hall–Kier alpha value is -2.54. The molecule has 1 aromatic carbocycles. The largest absolute Gasteiger partial charge is 0.383 e. The minimum Gasteiger partial charge on any atom is -0.383 e. The highest BCUT2D eigenvalue weighted by atomic mass is 15.1. The predicted octanol–water partition coefficient (Wildman–Crippen LogP) is 2.19. The number of benzene rings is 1. The van der Waals surface area contributed by atoms with E-state index in [0.29, 0.717) is 23.6 Å². The van der Waals surface area contributed by atoms with Crippen molar-refractivity contribution in [3.8, 4) is 17.3 Å². The highest BCUT2D eigenvalue weighted by Gasteiger charge is 2.12. The van der Waals surface area contributed by atoms with Gasteiger partial charge in [-0.25, -0.2) is 4.98 Å².